The number of aliphatic hydroxyl groups excluding tert-OH is 6. The predicted octanol–water partition coefficient (Wildman–Crippen LogP) is -0.396. The molecule has 3 saturated heterocycles. The van der Waals surface area contributed by atoms with Crippen LogP contribution in [0.2, 0.25) is 0 Å². The van der Waals surface area contributed by atoms with Crippen LogP contribution in [0.25, 0.3) is 0 Å². The first-order valence-electron chi connectivity index (χ1n) is 20.4. The molecule has 0 saturated carbocycles. The van der Waals surface area contributed by atoms with Gasteiger partial charge in [-0.3, -0.25) is 13.8 Å². The normalized spacial score (nSPS) is 35.6. The Labute approximate surface area is 365 Å². The fraction of sp³-hybridized carbons (Fsp3) is 0.769. The topological polar surface area (TPSA) is 365 Å². The molecule has 362 valence electrons. The fourth-order valence-corrected chi connectivity index (χ4v) is 7.74. The van der Waals surface area contributed by atoms with Gasteiger partial charge in [-0.15, -0.1) is 0 Å². The van der Waals surface area contributed by atoms with Crippen LogP contribution in [0.4, 0.5) is 4.79 Å². The van der Waals surface area contributed by atoms with Crippen molar-refractivity contribution in [3.8, 4) is 0 Å². The molecule has 3 aliphatic heterocycles. The summed E-state index contributed by atoms with van der Waals surface area (Å²) in [7, 11) is -5.47. The number of hydrogen-bond donors (Lipinski definition) is 10. The van der Waals surface area contributed by atoms with Gasteiger partial charge in [-0.25, -0.2) is 14.2 Å². The second kappa shape index (κ2) is 25.1. The summed E-state index contributed by atoms with van der Waals surface area (Å²) < 4.78 is 62.7. The number of phosphoric ester groups is 1. The third-order valence-electron chi connectivity index (χ3n) is 10.7. The number of carboxylic acids is 1. The van der Waals surface area contributed by atoms with Crippen LogP contribution in [-0.2, 0) is 56.4 Å². The molecule has 0 radical (unpaired) electrons. The van der Waals surface area contributed by atoms with Gasteiger partial charge in [0.1, 0.15) is 30.5 Å². The highest BCUT2D eigenvalue weighted by Crippen LogP contribution is 2.48. The quantitative estimate of drug-likeness (QED) is 0.0460. The molecule has 0 aromatic heterocycles. The Balaban J connectivity index is 1.77. The first kappa shape index (κ1) is 54.4. The third-order valence-corrected chi connectivity index (χ3v) is 11.7. The maximum absolute atomic E-state index is 13.4. The van der Waals surface area contributed by atoms with E-state index in [1.165, 1.54) is 25.0 Å². The van der Waals surface area contributed by atoms with E-state index in [4.69, 9.17) is 53.7 Å². The van der Waals surface area contributed by atoms with Gasteiger partial charge in [-0.1, -0.05) is 48.8 Å². The second-order valence-corrected chi connectivity index (χ2v) is 17.5. The van der Waals surface area contributed by atoms with Crippen LogP contribution in [0.5, 0.6) is 0 Å². The summed E-state index contributed by atoms with van der Waals surface area (Å²) in [5, 5.41) is 72.8. The predicted molar refractivity (Wildman–Crippen MR) is 216 cm³/mol. The van der Waals surface area contributed by atoms with Crippen LogP contribution in [0.3, 0.4) is 0 Å². The Kier molecular flexibility index (Phi) is 21.7. The van der Waals surface area contributed by atoms with Crippen molar-refractivity contribution in [3.63, 3.8) is 0 Å². The largest absolute Gasteiger partial charge is 0.479 e. The van der Waals surface area contributed by atoms with Gasteiger partial charge >= 0.3 is 19.9 Å². The van der Waals surface area contributed by atoms with Crippen LogP contribution >= 0.6 is 7.82 Å². The first-order valence-corrected chi connectivity index (χ1v) is 21.9. The molecule has 0 aromatic rings. The van der Waals surface area contributed by atoms with Crippen molar-refractivity contribution in [2.24, 2.45) is 23.3 Å². The molecule has 7 unspecified atom stereocenters. The number of allylic oxidation sites excluding steroid dienone is 5. The summed E-state index contributed by atoms with van der Waals surface area (Å²) in [6.45, 7) is 7.98. The average Bonchev–Trinajstić information content (AvgIpc) is 3.20. The fourth-order valence-electron chi connectivity index (χ4n) is 6.93. The van der Waals surface area contributed by atoms with Crippen molar-refractivity contribution in [2.75, 3.05) is 26.4 Å². The van der Waals surface area contributed by atoms with Gasteiger partial charge in [0.15, 0.2) is 43.3 Å². The lowest BCUT2D eigenvalue weighted by Crippen LogP contribution is -2.66. The zero-order chi connectivity index (χ0) is 47.3. The molecule has 0 spiro atoms. The van der Waals surface area contributed by atoms with Gasteiger partial charge in [0.2, 0.25) is 5.91 Å². The molecule has 3 rings (SSSR count). The molecule has 0 aromatic carbocycles. The summed E-state index contributed by atoms with van der Waals surface area (Å²) in [4.78, 5) is 47.2. The smallest absolute Gasteiger partial charge is 0.474 e. The number of aliphatic carboxylic acids is 1. The highest BCUT2D eigenvalue weighted by atomic mass is 31.2. The summed E-state index contributed by atoms with van der Waals surface area (Å²) in [5.74, 6) is -5.03. The number of nitrogens with two attached hydrogens (primary N) is 2. The van der Waals surface area contributed by atoms with Crippen molar-refractivity contribution < 1.29 is 102 Å². The molecule has 17 atom stereocenters. The van der Waals surface area contributed by atoms with Gasteiger partial charge in [-0.05, 0) is 53.4 Å². The standard InChI is InChI=1S/C39H65N2O21P/c1-18(2)9-7-10-19(3)11-8-12-20(4)13-14-54-25(35(49)50)17-55-63(52,53)62-38-33(31(61-39(41)51)29(47)32(59-38)34(40)48)60-37-22(6)27(45)30(24(16-43)57-37)58-36-21(5)26(44)28(46)23(15-42)56-36/h9,11,13,21-33,36-38,42-47H,7-8,10,12,14-17H2,1-6H3,(H2,40,48)(H2,41,51)(H,49,50)(H,52,53)/b19-11+,20-13-/t21?,22?,23?,24?,25-,26+,27+,28+,29+,30+,31-,32?,33?,36-,37-,38+/m0/s1. The molecule has 0 aliphatic carbocycles. The number of aliphatic hydroxyl groups is 6. The third kappa shape index (κ3) is 15.9. The van der Waals surface area contributed by atoms with Crippen LogP contribution in [0.15, 0.2) is 34.9 Å². The highest BCUT2D eigenvalue weighted by molar-refractivity contribution is 7.47. The number of rotatable bonds is 23. The van der Waals surface area contributed by atoms with Crippen molar-refractivity contribution in [1.29, 1.82) is 0 Å². The molecule has 3 heterocycles. The van der Waals surface area contributed by atoms with Gasteiger partial charge in [0.05, 0.1) is 38.6 Å². The monoisotopic (exact) mass is 928 g/mol. The molecule has 12 N–H and O–H groups in total. The second-order valence-electron chi connectivity index (χ2n) is 16.1. The van der Waals surface area contributed by atoms with E-state index < -0.39 is 143 Å². The summed E-state index contributed by atoms with van der Waals surface area (Å²) in [6, 6.07) is 0. The zero-order valence-electron chi connectivity index (χ0n) is 36.1. The molecular formula is C39H65N2O21P. The zero-order valence-corrected chi connectivity index (χ0v) is 37.0. The number of ether oxygens (including phenoxy) is 7. The summed E-state index contributed by atoms with van der Waals surface area (Å²) in [6.07, 6.45) is -16.5. The number of amides is 2. The van der Waals surface area contributed by atoms with E-state index in [0.29, 0.717) is 6.42 Å². The van der Waals surface area contributed by atoms with Crippen LogP contribution in [0, 0.1) is 11.8 Å². The van der Waals surface area contributed by atoms with Crippen LogP contribution in [-0.4, -0.2) is 171 Å². The molecule has 3 aliphatic rings. The van der Waals surface area contributed by atoms with E-state index in [0.717, 1.165) is 24.8 Å². The van der Waals surface area contributed by atoms with Crippen LogP contribution < -0.4 is 11.5 Å². The summed E-state index contributed by atoms with van der Waals surface area (Å²) in [5.41, 5.74) is 14.0. The Morgan fingerprint density at radius 2 is 1.29 bits per heavy atom. The van der Waals surface area contributed by atoms with Gasteiger partial charge in [0, 0.05) is 11.8 Å². The van der Waals surface area contributed by atoms with E-state index in [9.17, 15) is 59.6 Å². The van der Waals surface area contributed by atoms with E-state index in [1.807, 2.05) is 27.7 Å². The van der Waals surface area contributed by atoms with Crippen molar-refractivity contribution in [1.82, 2.24) is 0 Å². The number of phosphoric acid groups is 1. The first-order chi connectivity index (χ1) is 29.5. The van der Waals surface area contributed by atoms with Crippen molar-refractivity contribution in [3.05, 3.63) is 34.9 Å². The Morgan fingerprint density at radius 3 is 1.84 bits per heavy atom. The van der Waals surface area contributed by atoms with Crippen molar-refractivity contribution >= 4 is 25.8 Å². The average molecular weight is 929 g/mol. The lowest BCUT2D eigenvalue weighted by atomic mass is 9.90. The van der Waals surface area contributed by atoms with Crippen molar-refractivity contribution in [2.45, 2.75) is 153 Å². The lowest BCUT2D eigenvalue weighted by molar-refractivity contribution is -0.367. The van der Waals surface area contributed by atoms with Gasteiger partial charge in [-0.2, -0.15) is 0 Å². The number of hydrogen-bond acceptors (Lipinski definition) is 19. The van der Waals surface area contributed by atoms with Gasteiger partial charge in [0.25, 0.3) is 0 Å². The Hall–Kier alpha value is -2.94. The minimum Gasteiger partial charge on any atom is -0.479 e. The number of carboxylic acid groups (broad SMARTS) is 1. The molecule has 3 fully saturated rings. The van der Waals surface area contributed by atoms with E-state index in [1.54, 1.807) is 6.08 Å². The van der Waals surface area contributed by atoms with Gasteiger partial charge < -0.3 is 85.3 Å². The summed E-state index contributed by atoms with van der Waals surface area (Å²) >= 11 is 0. The SMILES string of the molecule is CC(C)=CCC/C(C)=C/CC/C(C)=C\CO[C@@H](COP(=O)(O)O[C@H]1OC(C(N)=O)[C@H](O)[C@H](OC(N)=O)C1O[C@@H]1OC(CO)[C@@H](O[C@@H]2OC(CO)[C@@H](O)[C@H](O)C2C)[C@H](O)C1C)C(=O)O. The molecule has 63 heavy (non-hydrogen) atoms. The Morgan fingerprint density at radius 1 is 0.730 bits per heavy atom. The van der Waals surface area contributed by atoms with E-state index in [2.05, 4.69) is 12.2 Å². The molecular weight excluding hydrogens is 863 g/mol. The lowest BCUT2D eigenvalue weighted by Gasteiger charge is -2.49. The highest BCUT2D eigenvalue weighted by Gasteiger charge is 2.56. The Bertz CT molecular complexity index is 1640. The number of primary amides is 2. The minimum absolute atomic E-state index is 0.203. The molecule has 2 amide bonds. The number of carbonyl (C=O) groups excluding carboxylic acids is 2. The molecule has 24 heteroatoms. The van der Waals surface area contributed by atoms with E-state index in [-0.39, 0.29) is 6.61 Å². The molecule has 0 bridgehead atoms. The maximum atomic E-state index is 13.4. The van der Waals surface area contributed by atoms with Crippen LogP contribution in [0.1, 0.15) is 67.2 Å². The molecule has 23 nitrogen and oxygen atoms in total. The van der Waals surface area contributed by atoms with E-state index >= 15 is 0 Å². The number of carbonyl (C=O) groups is 3. The minimum atomic E-state index is -5.47. The maximum Gasteiger partial charge on any atom is 0.474 e.